The van der Waals surface area contributed by atoms with E-state index in [2.05, 4.69) is 11.9 Å². The topological polar surface area (TPSA) is 22.1 Å². The average molecular weight is 128 g/mol. The van der Waals surface area contributed by atoms with Crippen LogP contribution in [0.2, 0.25) is 0 Å². The largest absolute Gasteiger partial charge is 0.470 e. The van der Waals surface area contributed by atoms with Crippen molar-refractivity contribution in [3.05, 3.63) is 18.5 Å². The van der Waals surface area contributed by atoms with Crippen molar-refractivity contribution in [3.63, 3.8) is 0 Å². The molecule has 1 heterocycles. The lowest BCUT2D eigenvalue weighted by atomic mass is 10.9. The summed E-state index contributed by atoms with van der Waals surface area (Å²) >= 11 is 1.47. The van der Waals surface area contributed by atoms with E-state index >= 15 is 0 Å². The van der Waals surface area contributed by atoms with Crippen LogP contribution in [0.15, 0.2) is 11.6 Å². The smallest absolute Gasteiger partial charge is 0.273 e. The van der Waals surface area contributed by atoms with Gasteiger partial charge in [0.05, 0.1) is 6.61 Å². The highest BCUT2D eigenvalue weighted by Gasteiger charge is 1.88. The third kappa shape index (κ3) is 1.20. The minimum Gasteiger partial charge on any atom is -0.470 e. The van der Waals surface area contributed by atoms with Crippen LogP contribution in [0.4, 0.5) is 0 Å². The van der Waals surface area contributed by atoms with Gasteiger partial charge in [0.1, 0.15) is 0 Å². The number of rotatable bonds is 2. The van der Waals surface area contributed by atoms with Crippen molar-refractivity contribution in [1.29, 1.82) is 0 Å². The zero-order valence-electron chi connectivity index (χ0n) is 4.33. The van der Waals surface area contributed by atoms with E-state index in [1.54, 1.807) is 6.20 Å². The molecule has 0 unspecified atom stereocenters. The zero-order valence-corrected chi connectivity index (χ0v) is 5.15. The van der Waals surface area contributed by atoms with Crippen molar-refractivity contribution in [2.24, 2.45) is 0 Å². The number of aromatic nitrogens is 1. The molecule has 1 rings (SSSR count). The standard InChI is InChI=1S/C5H6NOS/c1-2-7-5-6-3-4-8-5/h3-4H,1-2H2. The lowest BCUT2D eigenvalue weighted by Gasteiger charge is -1.91. The van der Waals surface area contributed by atoms with Gasteiger partial charge in [-0.3, -0.25) is 0 Å². The Bertz CT molecular complexity index is 138. The fourth-order valence-corrected chi connectivity index (χ4v) is 0.880. The van der Waals surface area contributed by atoms with E-state index in [4.69, 9.17) is 4.74 Å². The van der Waals surface area contributed by atoms with E-state index in [9.17, 15) is 0 Å². The van der Waals surface area contributed by atoms with Crippen molar-refractivity contribution in [1.82, 2.24) is 4.98 Å². The summed E-state index contributed by atoms with van der Waals surface area (Å²) < 4.78 is 4.94. The van der Waals surface area contributed by atoms with Gasteiger partial charge in [-0.05, 0) is 6.92 Å². The Hall–Kier alpha value is -0.570. The van der Waals surface area contributed by atoms with Gasteiger partial charge in [-0.1, -0.05) is 11.3 Å². The fourth-order valence-electron chi connectivity index (χ4n) is 0.369. The lowest BCUT2D eigenvalue weighted by Crippen LogP contribution is -1.89. The molecular formula is C5H6NOS. The molecule has 3 heteroatoms. The van der Waals surface area contributed by atoms with Gasteiger partial charge in [0, 0.05) is 11.6 Å². The molecule has 0 atom stereocenters. The van der Waals surface area contributed by atoms with Crippen molar-refractivity contribution in [2.45, 2.75) is 0 Å². The van der Waals surface area contributed by atoms with Crippen molar-refractivity contribution in [2.75, 3.05) is 6.61 Å². The first-order valence-corrected chi connectivity index (χ1v) is 3.13. The molecule has 0 aliphatic carbocycles. The maximum absolute atomic E-state index is 4.94. The van der Waals surface area contributed by atoms with Crippen LogP contribution < -0.4 is 4.74 Å². The monoisotopic (exact) mass is 128 g/mol. The second-order valence-electron chi connectivity index (χ2n) is 1.15. The Morgan fingerprint density at radius 2 is 2.75 bits per heavy atom. The van der Waals surface area contributed by atoms with Gasteiger partial charge in [-0.15, -0.1) is 0 Å². The molecule has 0 saturated heterocycles. The molecule has 0 fully saturated rings. The molecule has 0 aliphatic heterocycles. The molecule has 2 nitrogen and oxygen atoms in total. The highest BCUT2D eigenvalue weighted by molar-refractivity contribution is 7.11. The first-order valence-electron chi connectivity index (χ1n) is 2.25. The number of thiazole rings is 1. The maximum Gasteiger partial charge on any atom is 0.273 e. The number of ether oxygens (including phenoxy) is 1. The van der Waals surface area contributed by atoms with E-state index in [1.165, 1.54) is 11.3 Å². The fraction of sp³-hybridized carbons (Fsp3) is 0.200. The minimum atomic E-state index is 0.452. The number of nitrogens with zero attached hydrogens (tertiary/aromatic N) is 1. The number of hydrogen-bond donors (Lipinski definition) is 0. The molecule has 0 amide bonds. The van der Waals surface area contributed by atoms with Crippen LogP contribution in [0.5, 0.6) is 5.19 Å². The van der Waals surface area contributed by atoms with Crippen LogP contribution in [-0.2, 0) is 0 Å². The van der Waals surface area contributed by atoms with Crippen LogP contribution in [0, 0.1) is 6.92 Å². The Morgan fingerprint density at radius 1 is 1.88 bits per heavy atom. The van der Waals surface area contributed by atoms with E-state index < -0.39 is 0 Å². The summed E-state index contributed by atoms with van der Waals surface area (Å²) in [6.07, 6.45) is 1.70. The molecule has 0 bridgehead atoms. The van der Waals surface area contributed by atoms with Gasteiger partial charge in [-0.2, -0.15) is 0 Å². The van der Waals surface area contributed by atoms with Crippen molar-refractivity contribution < 1.29 is 4.74 Å². The molecule has 0 saturated carbocycles. The van der Waals surface area contributed by atoms with Crippen LogP contribution in [0.3, 0.4) is 0 Å². The summed E-state index contributed by atoms with van der Waals surface area (Å²) in [5, 5.41) is 2.56. The van der Waals surface area contributed by atoms with Gasteiger partial charge >= 0.3 is 0 Å². The Labute approximate surface area is 52.1 Å². The summed E-state index contributed by atoms with van der Waals surface area (Å²) in [7, 11) is 0. The normalized spacial score (nSPS) is 9.12. The van der Waals surface area contributed by atoms with Crippen LogP contribution in [0.25, 0.3) is 0 Å². The van der Waals surface area contributed by atoms with Gasteiger partial charge in [0.15, 0.2) is 0 Å². The van der Waals surface area contributed by atoms with Crippen molar-refractivity contribution in [3.8, 4) is 5.19 Å². The summed E-state index contributed by atoms with van der Waals surface area (Å²) in [5.74, 6) is 0. The highest BCUT2D eigenvalue weighted by Crippen LogP contribution is 2.12. The molecule has 0 spiro atoms. The molecule has 0 aliphatic rings. The second kappa shape index (κ2) is 2.67. The molecule has 1 aromatic rings. The summed E-state index contributed by atoms with van der Waals surface area (Å²) in [6.45, 7) is 3.96. The zero-order chi connectivity index (χ0) is 5.82. The van der Waals surface area contributed by atoms with E-state index in [0.717, 1.165) is 0 Å². The van der Waals surface area contributed by atoms with Crippen molar-refractivity contribution >= 4 is 11.3 Å². The van der Waals surface area contributed by atoms with Crippen LogP contribution >= 0.6 is 11.3 Å². The van der Waals surface area contributed by atoms with Crippen LogP contribution in [-0.4, -0.2) is 11.6 Å². The van der Waals surface area contributed by atoms with E-state index in [0.29, 0.717) is 11.8 Å². The van der Waals surface area contributed by atoms with Gasteiger partial charge < -0.3 is 4.74 Å². The third-order valence-corrected chi connectivity index (χ3v) is 1.32. The number of hydrogen-bond acceptors (Lipinski definition) is 3. The SMILES string of the molecule is [CH2]COc1nccs1. The lowest BCUT2D eigenvalue weighted by molar-refractivity contribution is 0.359. The van der Waals surface area contributed by atoms with Gasteiger partial charge in [0.2, 0.25) is 0 Å². The summed E-state index contributed by atoms with van der Waals surface area (Å²) in [5.41, 5.74) is 0. The maximum atomic E-state index is 4.94. The first kappa shape index (κ1) is 5.56. The van der Waals surface area contributed by atoms with Gasteiger partial charge in [0.25, 0.3) is 5.19 Å². The molecule has 1 aromatic heterocycles. The Balaban J connectivity index is 2.50. The molecule has 43 valence electrons. The minimum absolute atomic E-state index is 0.452. The molecular weight excluding hydrogens is 122 g/mol. The molecule has 8 heavy (non-hydrogen) atoms. The van der Waals surface area contributed by atoms with Gasteiger partial charge in [-0.25, -0.2) is 4.98 Å². The van der Waals surface area contributed by atoms with Crippen LogP contribution in [0.1, 0.15) is 0 Å². The first-order chi connectivity index (χ1) is 3.93. The molecule has 0 aromatic carbocycles. The second-order valence-corrected chi connectivity index (χ2v) is 2.00. The van der Waals surface area contributed by atoms with E-state index in [1.807, 2.05) is 5.38 Å². The predicted molar refractivity (Wildman–Crippen MR) is 33.0 cm³/mol. The Kier molecular flexibility index (Phi) is 1.86. The predicted octanol–water partition coefficient (Wildman–Crippen LogP) is 1.36. The summed E-state index contributed by atoms with van der Waals surface area (Å²) in [6, 6.07) is 0. The Morgan fingerprint density at radius 3 is 3.25 bits per heavy atom. The quantitative estimate of drug-likeness (QED) is 0.600. The average Bonchev–Trinajstić information content (AvgIpc) is 2.19. The molecule has 1 radical (unpaired) electrons. The highest BCUT2D eigenvalue weighted by atomic mass is 32.1. The van der Waals surface area contributed by atoms with E-state index in [-0.39, 0.29) is 0 Å². The third-order valence-electron chi connectivity index (χ3n) is 0.635. The molecule has 0 N–H and O–H groups in total. The summed E-state index contributed by atoms with van der Waals surface area (Å²) in [4.78, 5) is 3.86.